The summed E-state index contributed by atoms with van der Waals surface area (Å²) in [6.07, 6.45) is 5.54. The minimum Gasteiger partial charge on any atom is -0.491 e. The van der Waals surface area contributed by atoms with Crippen LogP contribution >= 0.6 is 0 Å². The number of rotatable bonds is 1. The Labute approximate surface area is 103 Å². The molecule has 0 fully saturated rings. The van der Waals surface area contributed by atoms with Crippen LogP contribution in [-0.2, 0) is 9.53 Å². The molecule has 2 bridgehead atoms. The SMILES string of the molecule is O=C(O)C12C=CC(=C3C=c4ccccc4=C31)OC2. The van der Waals surface area contributed by atoms with Crippen molar-refractivity contribution in [3.05, 3.63) is 58.2 Å². The second-order valence-corrected chi connectivity index (χ2v) is 4.78. The first-order chi connectivity index (χ1) is 8.72. The van der Waals surface area contributed by atoms with Crippen molar-refractivity contribution in [2.24, 2.45) is 5.41 Å². The maximum absolute atomic E-state index is 11.7. The first kappa shape index (κ1) is 9.71. The number of carbonyl (C=O) groups is 1. The van der Waals surface area contributed by atoms with Crippen LogP contribution in [0.4, 0.5) is 0 Å². The Morgan fingerprint density at radius 2 is 2.17 bits per heavy atom. The molecule has 1 aromatic rings. The predicted octanol–water partition coefficient (Wildman–Crippen LogP) is 0.557. The van der Waals surface area contributed by atoms with Gasteiger partial charge in [-0.05, 0) is 28.2 Å². The summed E-state index contributed by atoms with van der Waals surface area (Å²) in [6.45, 7) is 0.190. The molecular formula is C15H10O3. The molecule has 2 heterocycles. The molecule has 0 spiro atoms. The van der Waals surface area contributed by atoms with Gasteiger partial charge in [0.25, 0.3) is 0 Å². The number of carboxylic acid groups (broad SMARTS) is 1. The van der Waals surface area contributed by atoms with Gasteiger partial charge >= 0.3 is 5.97 Å². The van der Waals surface area contributed by atoms with Gasteiger partial charge in [0, 0.05) is 5.57 Å². The van der Waals surface area contributed by atoms with E-state index in [-0.39, 0.29) is 6.61 Å². The molecule has 0 amide bonds. The maximum atomic E-state index is 11.7. The van der Waals surface area contributed by atoms with Crippen molar-refractivity contribution in [2.75, 3.05) is 6.61 Å². The van der Waals surface area contributed by atoms with E-state index in [1.165, 1.54) is 0 Å². The first-order valence-electron chi connectivity index (χ1n) is 5.84. The summed E-state index contributed by atoms with van der Waals surface area (Å²) in [4.78, 5) is 11.7. The summed E-state index contributed by atoms with van der Waals surface area (Å²) in [5.41, 5.74) is 0.780. The fourth-order valence-corrected chi connectivity index (χ4v) is 2.97. The van der Waals surface area contributed by atoms with Crippen LogP contribution < -0.4 is 10.4 Å². The van der Waals surface area contributed by atoms with Crippen molar-refractivity contribution in [1.29, 1.82) is 0 Å². The molecule has 4 aliphatic rings. The van der Waals surface area contributed by atoms with E-state index in [2.05, 4.69) is 0 Å². The minimum atomic E-state index is -1.03. The van der Waals surface area contributed by atoms with Crippen molar-refractivity contribution >= 4 is 17.6 Å². The van der Waals surface area contributed by atoms with E-state index >= 15 is 0 Å². The molecule has 0 saturated carbocycles. The van der Waals surface area contributed by atoms with Crippen LogP contribution in [-0.4, -0.2) is 17.7 Å². The van der Waals surface area contributed by atoms with E-state index in [0.717, 1.165) is 27.3 Å². The van der Waals surface area contributed by atoms with Crippen molar-refractivity contribution < 1.29 is 14.6 Å². The molecule has 1 N–H and O–H groups in total. The van der Waals surface area contributed by atoms with Crippen LogP contribution in [0.25, 0.3) is 11.6 Å². The largest absolute Gasteiger partial charge is 0.491 e. The van der Waals surface area contributed by atoms with Crippen molar-refractivity contribution in [2.45, 2.75) is 0 Å². The second-order valence-electron chi connectivity index (χ2n) is 4.78. The molecule has 1 unspecified atom stereocenters. The number of hydrogen-bond acceptors (Lipinski definition) is 2. The summed E-state index contributed by atoms with van der Waals surface area (Å²) >= 11 is 0. The minimum absolute atomic E-state index is 0.190. The smallest absolute Gasteiger partial charge is 0.321 e. The molecule has 2 aliphatic heterocycles. The van der Waals surface area contributed by atoms with Gasteiger partial charge in [-0.15, -0.1) is 0 Å². The molecule has 2 aliphatic carbocycles. The lowest BCUT2D eigenvalue weighted by molar-refractivity contribution is -0.145. The van der Waals surface area contributed by atoms with Crippen molar-refractivity contribution in [3.63, 3.8) is 0 Å². The quantitative estimate of drug-likeness (QED) is 0.777. The summed E-state index contributed by atoms with van der Waals surface area (Å²) in [5.74, 6) is -0.0700. The van der Waals surface area contributed by atoms with E-state index in [1.807, 2.05) is 30.3 Å². The Hall–Kier alpha value is -2.29. The van der Waals surface area contributed by atoms with Crippen LogP contribution in [0.5, 0.6) is 0 Å². The predicted molar refractivity (Wildman–Crippen MR) is 65.8 cm³/mol. The monoisotopic (exact) mass is 238 g/mol. The van der Waals surface area contributed by atoms with Crippen LogP contribution in [0.2, 0.25) is 0 Å². The Kier molecular flexibility index (Phi) is 1.58. The van der Waals surface area contributed by atoms with Crippen molar-refractivity contribution in [1.82, 2.24) is 0 Å². The number of fused-ring (bicyclic) bond motifs is 2. The van der Waals surface area contributed by atoms with Gasteiger partial charge in [-0.3, -0.25) is 4.79 Å². The zero-order valence-corrected chi connectivity index (χ0v) is 9.51. The third kappa shape index (κ3) is 0.933. The highest BCUT2D eigenvalue weighted by molar-refractivity contribution is 6.02. The molecule has 0 saturated heterocycles. The van der Waals surface area contributed by atoms with Crippen LogP contribution in [0.15, 0.2) is 47.7 Å². The molecule has 0 radical (unpaired) electrons. The third-order valence-electron chi connectivity index (χ3n) is 3.87. The Balaban J connectivity index is 2.21. The van der Waals surface area contributed by atoms with Gasteiger partial charge in [0.2, 0.25) is 0 Å². The van der Waals surface area contributed by atoms with Crippen LogP contribution in [0, 0.1) is 5.41 Å². The first-order valence-corrected chi connectivity index (χ1v) is 5.84. The van der Waals surface area contributed by atoms with Gasteiger partial charge in [0.15, 0.2) is 0 Å². The number of benzene rings is 1. The van der Waals surface area contributed by atoms with Gasteiger partial charge in [-0.1, -0.05) is 30.3 Å². The summed E-state index contributed by atoms with van der Waals surface area (Å²) in [5, 5.41) is 11.7. The summed E-state index contributed by atoms with van der Waals surface area (Å²) in [7, 11) is 0. The molecule has 18 heavy (non-hydrogen) atoms. The molecule has 5 rings (SSSR count). The van der Waals surface area contributed by atoms with E-state index in [4.69, 9.17) is 4.74 Å². The average molecular weight is 238 g/mol. The number of carboxylic acids is 1. The van der Waals surface area contributed by atoms with Crippen LogP contribution in [0.3, 0.4) is 0 Å². The highest BCUT2D eigenvalue weighted by Gasteiger charge is 2.49. The number of ether oxygens (including phenoxy) is 1. The topological polar surface area (TPSA) is 46.5 Å². The molecular weight excluding hydrogens is 228 g/mol. The van der Waals surface area contributed by atoms with E-state index in [9.17, 15) is 9.90 Å². The lowest BCUT2D eigenvalue weighted by Crippen LogP contribution is -2.43. The highest BCUT2D eigenvalue weighted by atomic mass is 16.5. The van der Waals surface area contributed by atoms with Gasteiger partial charge in [0.05, 0.1) is 0 Å². The van der Waals surface area contributed by atoms with E-state index in [0.29, 0.717) is 0 Å². The summed E-state index contributed by atoms with van der Waals surface area (Å²) in [6, 6.07) is 7.88. The maximum Gasteiger partial charge on any atom is 0.321 e. The normalized spacial score (nSPS) is 26.6. The molecule has 0 aromatic heterocycles. The summed E-state index contributed by atoms with van der Waals surface area (Å²) < 4.78 is 5.55. The van der Waals surface area contributed by atoms with E-state index in [1.54, 1.807) is 12.2 Å². The molecule has 1 atom stereocenters. The zero-order valence-electron chi connectivity index (χ0n) is 9.51. The number of allylic oxidation sites excluding steroid dienone is 2. The molecule has 88 valence electrons. The fourth-order valence-electron chi connectivity index (χ4n) is 2.97. The lowest BCUT2D eigenvalue weighted by Gasteiger charge is -2.37. The van der Waals surface area contributed by atoms with Gasteiger partial charge in [-0.2, -0.15) is 0 Å². The average Bonchev–Trinajstić information content (AvgIpc) is 2.81. The Morgan fingerprint density at radius 1 is 1.33 bits per heavy atom. The lowest BCUT2D eigenvalue weighted by atomic mass is 9.72. The van der Waals surface area contributed by atoms with Gasteiger partial charge in [0.1, 0.15) is 17.8 Å². The standard InChI is InChI=1S/C15H10O3/c16-14(17)15-6-5-12(18-8-15)11-7-9-3-1-2-4-10(9)13(11)15/h1-7H,8H2,(H,16,17). The molecule has 3 nitrogen and oxygen atoms in total. The third-order valence-corrected chi connectivity index (χ3v) is 3.87. The highest BCUT2D eigenvalue weighted by Crippen LogP contribution is 2.47. The Bertz CT molecular complexity index is 767. The number of hydrogen-bond donors (Lipinski definition) is 1. The second kappa shape index (κ2) is 2.93. The van der Waals surface area contributed by atoms with Crippen molar-refractivity contribution in [3.8, 4) is 0 Å². The zero-order chi connectivity index (χ0) is 12.3. The van der Waals surface area contributed by atoms with Gasteiger partial charge in [-0.25, -0.2) is 0 Å². The van der Waals surface area contributed by atoms with E-state index < -0.39 is 11.4 Å². The van der Waals surface area contributed by atoms with Crippen LogP contribution in [0.1, 0.15) is 0 Å². The Morgan fingerprint density at radius 3 is 2.89 bits per heavy atom. The fraction of sp³-hybridized carbons (Fsp3) is 0.133. The number of aliphatic carboxylic acids is 1. The van der Waals surface area contributed by atoms with Gasteiger partial charge < -0.3 is 9.84 Å². The molecule has 3 heteroatoms. The molecule has 1 aromatic carbocycles.